The summed E-state index contributed by atoms with van der Waals surface area (Å²) in [7, 11) is 0. The Hall–Kier alpha value is -6.46. The molecule has 18 heteroatoms. The Balaban J connectivity index is 1.42. The van der Waals surface area contributed by atoms with Crippen molar-refractivity contribution in [3.8, 4) is 11.1 Å². The minimum Gasteiger partial charge on any atom is -0.481 e. The van der Waals surface area contributed by atoms with Crippen LogP contribution in [0.25, 0.3) is 11.1 Å². The van der Waals surface area contributed by atoms with Crippen LogP contribution in [0.3, 0.4) is 0 Å². The molecule has 0 unspecified atom stereocenters. The third kappa shape index (κ3) is 9.40. The monoisotopic (exact) mass is 720 g/mol. The number of fused-ring (bicyclic) bond motifs is 3. The average Bonchev–Trinajstić information content (AvgIpc) is 3.61. The highest BCUT2D eigenvalue weighted by atomic mass is 16.4. The number of carbonyl (C=O) groups is 10. The number of carboxylic acids is 2. The van der Waals surface area contributed by atoms with E-state index in [4.69, 9.17) is 15.9 Å². The Morgan fingerprint density at radius 1 is 0.769 bits per heavy atom. The Morgan fingerprint density at radius 3 is 2.10 bits per heavy atom. The topological polar surface area (TPSA) is 289 Å². The minimum atomic E-state index is -1.43. The SMILES string of the molecule is NC(=O)CC[C@H](NC(=O)CNC(=O)c1ccc2c(c1)C(=O)C(=O)c1ccccc1-2)C(=O)N1CCC[C@H]1C(=O)N[C@@H](CCC(=O)O)C(=O)NCC(=O)O. The second kappa shape index (κ2) is 17.0. The molecule has 4 rings (SSSR count). The van der Waals surface area contributed by atoms with Gasteiger partial charge in [0.15, 0.2) is 0 Å². The third-order valence-corrected chi connectivity index (χ3v) is 8.45. The van der Waals surface area contributed by atoms with Gasteiger partial charge in [-0.05, 0) is 48.9 Å². The summed E-state index contributed by atoms with van der Waals surface area (Å²) in [4.78, 5) is 125. The van der Waals surface area contributed by atoms with E-state index in [1.807, 2.05) is 0 Å². The molecule has 2 aromatic carbocycles. The first-order chi connectivity index (χ1) is 24.7. The molecule has 274 valence electrons. The van der Waals surface area contributed by atoms with Crippen LogP contribution in [0.4, 0.5) is 0 Å². The molecule has 0 saturated carbocycles. The summed E-state index contributed by atoms with van der Waals surface area (Å²) < 4.78 is 0. The molecule has 2 aromatic rings. The number of nitrogens with one attached hydrogen (secondary N) is 4. The van der Waals surface area contributed by atoms with Gasteiger partial charge in [-0.2, -0.15) is 0 Å². The molecule has 3 atom stereocenters. The largest absolute Gasteiger partial charge is 0.481 e. The van der Waals surface area contributed by atoms with Crippen molar-refractivity contribution >= 4 is 58.9 Å². The molecular weight excluding hydrogens is 684 g/mol. The first-order valence-electron chi connectivity index (χ1n) is 16.2. The van der Waals surface area contributed by atoms with Gasteiger partial charge in [0.2, 0.25) is 41.1 Å². The number of carboxylic acid groups (broad SMARTS) is 2. The molecule has 0 bridgehead atoms. The third-order valence-electron chi connectivity index (χ3n) is 8.45. The number of likely N-dealkylation sites (tertiary alicyclic amines) is 1. The van der Waals surface area contributed by atoms with Crippen LogP contribution in [0.2, 0.25) is 0 Å². The summed E-state index contributed by atoms with van der Waals surface area (Å²) in [5.74, 6) is -9.08. The number of amides is 6. The molecule has 0 spiro atoms. The van der Waals surface area contributed by atoms with E-state index in [0.29, 0.717) is 17.5 Å². The maximum atomic E-state index is 13.7. The quantitative estimate of drug-likeness (QED) is 0.100. The minimum absolute atomic E-state index is 0.0161. The number of ketones is 2. The lowest BCUT2D eigenvalue weighted by Gasteiger charge is -2.29. The number of Topliss-reactive ketones (excluding diaryl/α,β-unsaturated/α-hetero) is 2. The van der Waals surface area contributed by atoms with Crippen molar-refractivity contribution in [3.63, 3.8) is 0 Å². The number of aliphatic carboxylic acids is 2. The Bertz CT molecular complexity index is 1840. The van der Waals surface area contributed by atoms with Crippen LogP contribution in [0.5, 0.6) is 0 Å². The van der Waals surface area contributed by atoms with Gasteiger partial charge in [0, 0.05) is 36.1 Å². The molecule has 1 saturated heterocycles. The molecule has 0 radical (unpaired) electrons. The van der Waals surface area contributed by atoms with Gasteiger partial charge in [-0.15, -0.1) is 0 Å². The number of carbonyl (C=O) groups excluding carboxylic acids is 8. The number of rotatable bonds is 16. The van der Waals surface area contributed by atoms with E-state index >= 15 is 0 Å². The summed E-state index contributed by atoms with van der Waals surface area (Å²) in [6, 6.07) is 6.77. The van der Waals surface area contributed by atoms with Crippen LogP contribution in [0.15, 0.2) is 42.5 Å². The van der Waals surface area contributed by atoms with Crippen molar-refractivity contribution < 1.29 is 58.2 Å². The summed E-state index contributed by atoms with van der Waals surface area (Å²) >= 11 is 0. The zero-order valence-electron chi connectivity index (χ0n) is 27.6. The van der Waals surface area contributed by atoms with E-state index in [2.05, 4.69) is 21.3 Å². The number of nitrogens with zero attached hydrogens (tertiary/aromatic N) is 1. The van der Waals surface area contributed by atoms with Gasteiger partial charge in [0.25, 0.3) is 5.91 Å². The van der Waals surface area contributed by atoms with Gasteiger partial charge >= 0.3 is 11.9 Å². The molecule has 1 aliphatic heterocycles. The number of hydrogen-bond donors (Lipinski definition) is 7. The molecule has 8 N–H and O–H groups in total. The molecule has 2 aliphatic rings. The molecule has 18 nitrogen and oxygen atoms in total. The van der Waals surface area contributed by atoms with Gasteiger partial charge in [0.05, 0.1) is 6.54 Å². The Labute approximate surface area is 295 Å². The Kier molecular flexibility index (Phi) is 12.5. The second-order valence-corrected chi connectivity index (χ2v) is 12.1. The lowest BCUT2D eigenvalue weighted by Crippen LogP contribution is -2.57. The molecule has 1 heterocycles. The predicted octanol–water partition coefficient (Wildman–Crippen LogP) is -1.25. The fourth-order valence-electron chi connectivity index (χ4n) is 5.91. The van der Waals surface area contributed by atoms with Crippen molar-refractivity contribution in [2.24, 2.45) is 5.73 Å². The normalized spacial score (nSPS) is 15.7. The summed E-state index contributed by atoms with van der Waals surface area (Å²) in [5.41, 5.74) is 6.54. The van der Waals surface area contributed by atoms with Gasteiger partial charge in [-0.25, -0.2) is 0 Å². The molecule has 0 aromatic heterocycles. The number of hydrogen-bond acceptors (Lipinski definition) is 10. The lowest BCUT2D eigenvalue weighted by molar-refractivity contribution is -0.143. The van der Waals surface area contributed by atoms with E-state index < -0.39 is 96.6 Å². The van der Waals surface area contributed by atoms with Crippen molar-refractivity contribution in [2.75, 3.05) is 19.6 Å². The van der Waals surface area contributed by atoms with Crippen molar-refractivity contribution in [1.29, 1.82) is 0 Å². The number of primary amides is 1. The van der Waals surface area contributed by atoms with Gasteiger partial charge in [-0.3, -0.25) is 47.9 Å². The van der Waals surface area contributed by atoms with Crippen molar-refractivity contribution in [3.05, 3.63) is 59.2 Å². The van der Waals surface area contributed by atoms with Crippen LogP contribution in [-0.4, -0.2) is 112 Å². The van der Waals surface area contributed by atoms with Gasteiger partial charge < -0.3 is 42.1 Å². The zero-order valence-corrected chi connectivity index (χ0v) is 27.6. The van der Waals surface area contributed by atoms with Crippen LogP contribution in [0.1, 0.15) is 69.6 Å². The van der Waals surface area contributed by atoms with Crippen LogP contribution in [0, 0.1) is 0 Å². The van der Waals surface area contributed by atoms with E-state index in [-0.39, 0.29) is 48.9 Å². The highest BCUT2D eigenvalue weighted by Crippen LogP contribution is 2.33. The summed E-state index contributed by atoms with van der Waals surface area (Å²) in [6.45, 7) is -1.38. The highest BCUT2D eigenvalue weighted by molar-refractivity contribution is 6.53. The number of nitrogens with two attached hydrogens (primary N) is 1. The fraction of sp³-hybridized carbons (Fsp3) is 0.353. The summed E-state index contributed by atoms with van der Waals surface area (Å²) in [6.07, 6.45) is -1.03. The van der Waals surface area contributed by atoms with E-state index in [1.54, 1.807) is 18.2 Å². The number of benzene rings is 2. The van der Waals surface area contributed by atoms with E-state index in [9.17, 15) is 47.9 Å². The molecular formula is C34H36N6O12. The molecule has 52 heavy (non-hydrogen) atoms. The summed E-state index contributed by atoms with van der Waals surface area (Å²) in [5, 5.41) is 27.2. The predicted molar refractivity (Wildman–Crippen MR) is 177 cm³/mol. The van der Waals surface area contributed by atoms with Crippen LogP contribution < -0.4 is 27.0 Å². The second-order valence-electron chi connectivity index (χ2n) is 12.1. The van der Waals surface area contributed by atoms with Gasteiger partial charge in [0.1, 0.15) is 24.7 Å². The smallest absolute Gasteiger partial charge is 0.322 e. The van der Waals surface area contributed by atoms with Crippen LogP contribution >= 0.6 is 0 Å². The van der Waals surface area contributed by atoms with Crippen LogP contribution in [-0.2, 0) is 33.6 Å². The maximum Gasteiger partial charge on any atom is 0.322 e. The Morgan fingerprint density at radius 2 is 1.42 bits per heavy atom. The van der Waals surface area contributed by atoms with E-state index in [0.717, 1.165) is 4.90 Å². The molecule has 1 fully saturated rings. The first-order valence-corrected chi connectivity index (χ1v) is 16.2. The van der Waals surface area contributed by atoms with E-state index in [1.165, 1.54) is 24.3 Å². The van der Waals surface area contributed by atoms with Crippen molar-refractivity contribution in [1.82, 2.24) is 26.2 Å². The lowest BCUT2D eigenvalue weighted by atomic mass is 9.83. The molecule has 1 aliphatic carbocycles. The molecule has 6 amide bonds. The fourth-order valence-corrected chi connectivity index (χ4v) is 5.91. The standard InChI is InChI=1S/C34H36N6O12/c35-25(41)11-9-23(34(52)40-13-3-6-24(40)33(51)39-22(10-12-27(43)44)32(50)37-16-28(45)46)38-26(42)15-36-31(49)17-7-8-19-18-4-1-2-5-20(18)29(47)30(48)21(19)14-17/h1-2,4-5,7-8,14,22-24H,3,6,9-13,15-16H2,(H2,35,41)(H,36,49)(H,37,50)(H,38,42)(H,39,51)(H,43,44)(H,45,46)/t22-,23-,24-/m0/s1. The zero-order chi connectivity index (χ0) is 38.1. The van der Waals surface area contributed by atoms with Crippen molar-refractivity contribution in [2.45, 2.75) is 56.7 Å². The maximum absolute atomic E-state index is 13.7. The first kappa shape index (κ1) is 38.3. The van der Waals surface area contributed by atoms with Gasteiger partial charge in [-0.1, -0.05) is 30.3 Å². The highest BCUT2D eigenvalue weighted by Gasteiger charge is 2.39. The average molecular weight is 721 g/mol.